The Hall–Kier alpha value is -4.21. The molecule has 1 saturated heterocycles. The Balaban J connectivity index is 1.55. The molecule has 1 N–H and O–H groups in total. The van der Waals surface area contributed by atoms with Crippen LogP contribution < -0.4 is 10.1 Å². The van der Waals surface area contributed by atoms with Crippen molar-refractivity contribution in [2.75, 3.05) is 26.3 Å². The molecular weight excluding hydrogens is 430 g/mol. The van der Waals surface area contributed by atoms with Gasteiger partial charge in [-0.15, -0.1) is 0 Å². The number of ether oxygens (including phenoxy) is 2. The molecule has 10 nitrogen and oxygen atoms in total. The number of rotatable bonds is 9. The number of benzene rings is 2. The molecule has 1 atom stereocenters. The van der Waals surface area contributed by atoms with Crippen molar-refractivity contribution in [3.63, 3.8) is 0 Å². The lowest BCUT2D eigenvalue weighted by Gasteiger charge is -2.33. The predicted molar refractivity (Wildman–Crippen MR) is 118 cm³/mol. The lowest BCUT2D eigenvalue weighted by Crippen LogP contribution is -2.57. The van der Waals surface area contributed by atoms with Crippen molar-refractivity contribution in [2.24, 2.45) is 0 Å². The van der Waals surface area contributed by atoms with Crippen molar-refractivity contribution >= 4 is 29.5 Å². The van der Waals surface area contributed by atoms with Crippen LogP contribution in [-0.4, -0.2) is 60.0 Å². The molecule has 10 heteroatoms. The number of nitro groups is 1. The molecule has 0 aliphatic carbocycles. The van der Waals surface area contributed by atoms with Crippen LogP contribution in [0.5, 0.6) is 5.75 Å². The van der Waals surface area contributed by atoms with Crippen LogP contribution in [0.3, 0.4) is 0 Å². The summed E-state index contributed by atoms with van der Waals surface area (Å²) in [4.78, 5) is 48.9. The van der Waals surface area contributed by atoms with Crippen LogP contribution in [0.1, 0.15) is 12.0 Å². The first-order valence-corrected chi connectivity index (χ1v) is 10.3. The first-order valence-electron chi connectivity index (χ1n) is 10.3. The zero-order chi connectivity index (χ0) is 23.6. The van der Waals surface area contributed by atoms with Gasteiger partial charge in [-0.25, -0.2) is 0 Å². The van der Waals surface area contributed by atoms with Crippen molar-refractivity contribution in [1.29, 1.82) is 0 Å². The van der Waals surface area contributed by atoms with Gasteiger partial charge >= 0.3 is 5.97 Å². The zero-order valence-corrected chi connectivity index (χ0v) is 17.7. The van der Waals surface area contributed by atoms with Gasteiger partial charge in [-0.3, -0.25) is 24.5 Å². The van der Waals surface area contributed by atoms with Gasteiger partial charge in [-0.2, -0.15) is 0 Å². The lowest BCUT2D eigenvalue weighted by atomic mass is 10.1. The molecule has 1 fully saturated rings. The monoisotopic (exact) mass is 453 g/mol. The number of carbonyl (C=O) groups excluding carboxylic acids is 3. The normalized spacial score (nSPS) is 15.7. The van der Waals surface area contributed by atoms with Crippen molar-refractivity contribution < 1.29 is 28.8 Å². The zero-order valence-electron chi connectivity index (χ0n) is 17.7. The molecule has 0 radical (unpaired) electrons. The van der Waals surface area contributed by atoms with Crippen LogP contribution in [-0.2, 0) is 19.1 Å². The van der Waals surface area contributed by atoms with E-state index < -0.39 is 28.7 Å². The fraction of sp³-hybridized carbons (Fsp3) is 0.261. The summed E-state index contributed by atoms with van der Waals surface area (Å²) in [5.74, 6) is -0.918. The van der Waals surface area contributed by atoms with Crippen LogP contribution in [0.15, 0.2) is 60.7 Å². The first-order chi connectivity index (χ1) is 15.9. The summed E-state index contributed by atoms with van der Waals surface area (Å²) in [6, 6.07) is 13.8. The molecular formula is C23H23N3O7. The Labute approximate surface area is 189 Å². The van der Waals surface area contributed by atoms with E-state index in [-0.39, 0.29) is 38.4 Å². The molecule has 2 aromatic carbocycles. The van der Waals surface area contributed by atoms with E-state index in [9.17, 15) is 24.5 Å². The Kier molecular flexibility index (Phi) is 8.12. The van der Waals surface area contributed by atoms with Gasteiger partial charge in [0.2, 0.25) is 11.8 Å². The van der Waals surface area contributed by atoms with E-state index >= 15 is 0 Å². The molecule has 172 valence electrons. The van der Waals surface area contributed by atoms with Gasteiger partial charge in [0.1, 0.15) is 25.0 Å². The summed E-state index contributed by atoms with van der Waals surface area (Å²) in [6.45, 7) is 0.633. The average molecular weight is 453 g/mol. The second-order valence-corrected chi connectivity index (χ2v) is 7.11. The number of piperazine rings is 1. The highest BCUT2D eigenvalue weighted by Gasteiger charge is 2.34. The number of hydrogen-bond donors (Lipinski definition) is 1. The second kappa shape index (κ2) is 11.4. The van der Waals surface area contributed by atoms with Crippen LogP contribution in [0.4, 0.5) is 5.69 Å². The maximum Gasteiger partial charge on any atom is 0.308 e. The predicted octanol–water partition coefficient (Wildman–Crippen LogP) is 1.95. The number of hydrogen-bond acceptors (Lipinski definition) is 7. The number of amides is 2. The topological polar surface area (TPSA) is 128 Å². The minimum atomic E-state index is -1.01. The van der Waals surface area contributed by atoms with Crippen LogP contribution >= 0.6 is 0 Å². The van der Waals surface area contributed by atoms with Crippen molar-refractivity contribution in [3.8, 4) is 5.75 Å². The highest BCUT2D eigenvalue weighted by Crippen LogP contribution is 2.16. The maximum absolute atomic E-state index is 12.7. The lowest BCUT2D eigenvalue weighted by molar-refractivity contribution is -0.384. The SMILES string of the molecule is O=C(CC1C(=O)NCCN1C(=O)/C=C/c1cccc([N+](=O)[O-])c1)OCCOc1ccccc1. The Bertz CT molecular complexity index is 1040. The van der Waals surface area contributed by atoms with E-state index in [1.165, 1.54) is 35.3 Å². The summed E-state index contributed by atoms with van der Waals surface area (Å²) in [5, 5.41) is 13.5. The largest absolute Gasteiger partial charge is 0.490 e. The molecule has 1 aliphatic heterocycles. The fourth-order valence-corrected chi connectivity index (χ4v) is 3.24. The highest BCUT2D eigenvalue weighted by molar-refractivity contribution is 5.97. The van der Waals surface area contributed by atoms with E-state index in [1.807, 2.05) is 18.2 Å². The average Bonchev–Trinajstić information content (AvgIpc) is 2.82. The van der Waals surface area contributed by atoms with Crippen molar-refractivity contribution in [2.45, 2.75) is 12.5 Å². The van der Waals surface area contributed by atoms with Gasteiger partial charge in [0.05, 0.1) is 11.3 Å². The molecule has 2 amide bonds. The van der Waals surface area contributed by atoms with E-state index in [1.54, 1.807) is 18.2 Å². The maximum atomic E-state index is 12.7. The third kappa shape index (κ3) is 6.89. The Morgan fingerprint density at radius 1 is 1.15 bits per heavy atom. The molecule has 0 bridgehead atoms. The number of carbonyl (C=O) groups is 3. The molecule has 0 saturated carbocycles. The highest BCUT2D eigenvalue weighted by atomic mass is 16.6. The van der Waals surface area contributed by atoms with Gasteiger partial charge in [0, 0.05) is 31.3 Å². The van der Waals surface area contributed by atoms with Gasteiger partial charge in [0.15, 0.2) is 0 Å². The summed E-state index contributed by atoms with van der Waals surface area (Å²) in [7, 11) is 0. The fourth-order valence-electron chi connectivity index (χ4n) is 3.24. The van der Waals surface area contributed by atoms with Crippen LogP contribution in [0.25, 0.3) is 6.08 Å². The number of nitrogens with one attached hydrogen (secondary N) is 1. The minimum Gasteiger partial charge on any atom is -0.490 e. The Morgan fingerprint density at radius 3 is 2.70 bits per heavy atom. The van der Waals surface area contributed by atoms with Gasteiger partial charge in [0.25, 0.3) is 5.69 Å². The van der Waals surface area contributed by atoms with Crippen molar-refractivity contribution in [3.05, 3.63) is 76.4 Å². The van der Waals surface area contributed by atoms with E-state index in [4.69, 9.17) is 9.47 Å². The van der Waals surface area contributed by atoms with E-state index in [0.29, 0.717) is 11.3 Å². The molecule has 33 heavy (non-hydrogen) atoms. The van der Waals surface area contributed by atoms with Crippen molar-refractivity contribution in [1.82, 2.24) is 10.2 Å². The number of nitrogens with zero attached hydrogens (tertiary/aromatic N) is 2. The summed E-state index contributed by atoms with van der Waals surface area (Å²) in [5.41, 5.74) is 0.368. The number of esters is 1. The number of nitro benzene ring substituents is 1. The summed E-state index contributed by atoms with van der Waals surface area (Å²) in [6.07, 6.45) is 2.36. The third-order valence-electron chi connectivity index (χ3n) is 4.83. The third-order valence-corrected chi connectivity index (χ3v) is 4.83. The van der Waals surface area contributed by atoms with Gasteiger partial charge < -0.3 is 19.7 Å². The molecule has 1 heterocycles. The smallest absolute Gasteiger partial charge is 0.308 e. The van der Waals surface area contributed by atoms with Gasteiger partial charge in [-0.05, 0) is 23.8 Å². The van der Waals surface area contributed by atoms with E-state index in [2.05, 4.69) is 5.32 Å². The standard InChI is InChI=1S/C23H23N3O7/c27-21(10-9-17-5-4-6-18(15-17)26(30)31)25-12-11-24-23(29)20(25)16-22(28)33-14-13-32-19-7-2-1-3-8-19/h1-10,15,20H,11-14,16H2,(H,24,29)/b10-9+. The molecule has 3 rings (SSSR count). The Morgan fingerprint density at radius 2 is 1.94 bits per heavy atom. The quantitative estimate of drug-likeness (QED) is 0.202. The van der Waals surface area contributed by atoms with E-state index in [0.717, 1.165) is 0 Å². The summed E-state index contributed by atoms with van der Waals surface area (Å²) >= 11 is 0. The second-order valence-electron chi connectivity index (χ2n) is 7.11. The van der Waals surface area contributed by atoms with Crippen LogP contribution in [0.2, 0.25) is 0 Å². The minimum absolute atomic E-state index is 0.00268. The van der Waals surface area contributed by atoms with Gasteiger partial charge in [-0.1, -0.05) is 30.3 Å². The first kappa shape index (κ1) is 23.5. The summed E-state index contributed by atoms with van der Waals surface area (Å²) < 4.78 is 10.6. The molecule has 1 unspecified atom stereocenters. The van der Waals surface area contributed by atoms with Crippen LogP contribution in [0, 0.1) is 10.1 Å². The molecule has 2 aromatic rings. The molecule has 1 aliphatic rings. The molecule has 0 spiro atoms. The molecule has 0 aromatic heterocycles. The number of non-ortho nitro benzene ring substituents is 1. The number of para-hydroxylation sites is 1.